The Morgan fingerprint density at radius 2 is 2.24 bits per heavy atom. The van der Waals surface area contributed by atoms with Crippen LogP contribution in [0.4, 0.5) is 5.69 Å². The fourth-order valence-corrected chi connectivity index (χ4v) is 2.93. The fraction of sp³-hybridized carbons (Fsp3) is 0.500. The number of hydrogen-bond donors (Lipinski definition) is 1. The van der Waals surface area contributed by atoms with E-state index >= 15 is 0 Å². The molecule has 0 aromatic heterocycles. The molecule has 7 heteroatoms. The lowest BCUT2D eigenvalue weighted by Gasteiger charge is -2.37. The standard InChI is InChI=1S/C14H18N2O4S/c1-21-13-6-5-10(9-12(13)16(19)20)14(18)15(7-8-17)11-3-2-4-11/h5-6,9,11,17H,2-4,7-8H2,1H3. The van der Waals surface area contributed by atoms with E-state index in [4.69, 9.17) is 5.11 Å². The summed E-state index contributed by atoms with van der Waals surface area (Å²) in [5.41, 5.74) is 0.255. The number of hydrogen-bond acceptors (Lipinski definition) is 5. The Bertz CT molecular complexity index is 546. The lowest BCUT2D eigenvalue weighted by molar-refractivity contribution is -0.387. The summed E-state index contributed by atoms with van der Waals surface area (Å²) < 4.78 is 0. The normalized spacial score (nSPS) is 14.6. The molecule has 0 heterocycles. The first-order valence-corrected chi connectivity index (χ1v) is 8.05. The Kier molecular flexibility index (Phi) is 5.19. The van der Waals surface area contributed by atoms with Crippen molar-refractivity contribution in [1.29, 1.82) is 0 Å². The molecular weight excluding hydrogens is 292 g/mol. The van der Waals surface area contributed by atoms with E-state index in [1.807, 2.05) is 0 Å². The molecule has 1 N–H and O–H groups in total. The van der Waals surface area contributed by atoms with E-state index in [1.165, 1.54) is 17.8 Å². The van der Waals surface area contributed by atoms with E-state index in [0.29, 0.717) is 10.5 Å². The van der Waals surface area contributed by atoms with E-state index < -0.39 is 4.92 Å². The Morgan fingerprint density at radius 1 is 1.52 bits per heavy atom. The molecule has 1 aromatic carbocycles. The molecule has 0 radical (unpaired) electrons. The second-order valence-corrected chi connectivity index (χ2v) is 5.80. The highest BCUT2D eigenvalue weighted by Gasteiger charge is 2.30. The maximum Gasteiger partial charge on any atom is 0.283 e. The number of nitro benzene ring substituents is 1. The highest BCUT2D eigenvalue weighted by molar-refractivity contribution is 7.98. The molecule has 0 bridgehead atoms. The first kappa shape index (κ1) is 15.8. The van der Waals surface area contributed by atoms with Gasteiger partial charge in [0.15, 0.2) is 0 Å². The Labute approximate surface area is 127 Å². The van der Waals surface area contributed by atoms with Crippen molar-refractivity contribution in [3.8, 4) is 0 Å². The minimum Gasteiger partial charge on any atom is -0.395 e. The molecule has 1 saturated carbocycles. The molecule has 0 unspecified atom stereocenters. The summed E-state index contributed by atoms with van der Waals surface area (Å²) in [5.74, 6) is -0.246. The third kappa shape index (κ3) is 3.36. The van der Waals surface area contributed by atoms with Crippen LogP contribution in [-0.4, -0.2) is 46.3 Å². The quantitative estimate of drug-likeness (QED) is 0.495. The van der Waals surface area contributed by atoms with Gasteiger partial charge in [-0.3, -0.25) is 14.9 Å². The zero-order valence-corrected chi connectivity index (χ0v) is 12.6. The molecule has 0 saturated heterocycles. The monoisotopic (exact) mass is 310 g/mol. The lowest BCUT2D eigenvalue weighted by atomic mass is 9.91. The average molecular weight is 310 g/mol. The molecule has 2 rings (SSSR count). The lowest BCUT2D eigenvalue weighted by Crippen LogP contribution is -2.45. The van der Waals surface area contributed by atoms with E-state index in [1.54, 1.807) is 23.3 Å². The SMILES string of the molecule is CSc1ccc(C(=O)N(CCO)C2CCC2)cc1[N+](=O)[O-]. The molecule has 1 aliphatic carbocycles. The number of carbonyl (C=O) groups is 1. The first-order valence-electron chi connectivity index (χ1n) is 6.82. The smallest absolute Gasteiger partial charge is 0.283 e. The predicted octanol–water partition coefficient (Wildman–Crippen LogP) is 2.30. The van der Waals surface area contributed by atoms with Crippen LogP contribution in [0, 0.1) is 10.1 Å². The van der Waals surface area contributed by atoms with Crippen LogP contribution >= 0.6 is 11.8 Å². The zero-order chi connectivity index (χ0) is 15.4. The summed E-state index contributed by atoms with van der Waals surface area (Å²) >= 11 is 1.28. The number of nitrogens with zero attached hydrogens (tertiary/aromatic N) is 2. The second kappa shape index (κ2) is 6.91. The van der Waals surface area contributed by atoms with Crippen molar-refractivity contribution in [2.45, 2.75) is 30.2 Å². The average Bonchev–Trinajstić information content (AvgIpc) is 2.43. The van der Waals surface area contributed by atoms with Crippen molar-refractivity contribution < 1.29 is 14.8 Å². The maximum atomic E-state index is 12.5. The Morgan fingerprint density at radius 3 is 2.71 bits per heavy atom. The number of thioether (sulfide) groups is 1. The van der Waals surface area contributed by atoms with Gasteiger partial charge in [0.2, 0.25) is 0 Å². The molecule has 1 aliphatic rings. The summed E-state index contributed by atoms with van der Waals surface area (Å²) in [6.07, 6.45) is 4.69. The number of carbonyl (C=O) groups excluding carboxylic acids is 1. The van der Waals surface area contributed by atoms with Crippen LogP contribution in [-0.2, 0) is 0 Å². The molecule has 1 aromatic rings. The molecular formula is C14H18N2O4S. The van der Waals surface area contributed by atoms with Crippen molar-refractivity contribution in [2.75, 3.05) is 19.4 Å². The summed E-state index contributed by atoms with van der Waals surface area (Å²) in [5, 5.41) is 20.2. The summed E-state index contributed by atoms with van der Waals surface area (Å²) in [7, 11) is 0. The predicted molar refractivity (Wildman–Crippen MR) is 80.6 cm³/mol. The van der Waals surface area contributed by atoms with Gasteiger partial charge in [-0.25, -0.2) is 0 Å². The third-order valence-electron chi connectivity index (χ3n) is 3.74. The van der Waals surface area contributed by atoms with Crippen molar-refractivity contribution >= 4 is 23.4 Å². The van der Waals surface area contributed by atoms with Crippen LogP contribution < -0.4 is 0 Å². The number of rotatable bonds is 6. The van der Waals surface area contributed by atoms with Crippen molar-refractivity contribution in [3.05, 3.63) is 33.9 Å². The van der Waals surface area contributed by atoms with Gasteiger partial charge < -0.3 is 10.0 Å². The van der Waals surface area contributed by atoms with Gasteiger partial charge in [0.1, 0.15) is 0 Å². The molecule has 6 nitrogen and oxygen atoms in total. The van der Waals surface area contributed by atoms with E-state index in [-0.39, 0.29) is 30.8 Å². The van der Waals surface area contributed by atoms with Crippen LogP contribution in [0.3, 0.4) is 0 Å². The highest BCUT2D eigenvalue weighted by Crippen LogP contribution is 2.30. The topological polar surface area (TPSA) is 83.7 Å². The van der Waals surface area contributed by atoms with Gasteiger partial charge in [0.05, 0.1) is 16.4 Å². The summed E-state index contributed by atoms with van der Waals surface area (Å²) in [6.45, 7) is 0.162. The molecule has 0 aliphatic heterocycles. The van der Waals surface area contributed by atoms with Crippen LogP contribution in [0.15, 0.2) is 23.1 Å². The Hall–Kier alpha value is -1.60. The van der Waals surface area contributed by atoms with Crippen LogP contribution in [0.2, 0.25) is 0 Å². The summed E-state index contributed by atoms with van der Waals surface area (Å²) in [6, 6.07) is 4.69. The number of benzene rings is 1. The van der Waals surface area contributed by atoms with Crippen LogP contribution in [0.5, 0.6) is 0 Å². The van der Waals surface area contributed by atoms with Crippen molar-refractivity contribution in [3.63, 3.8) is 0 Å². The number of aliphatic hydroxyl groups excluding tert-OH is 1. The fourth-order valence-electron chi connectivity index (χ4n) is 2.39. The molecule has 1 fully saturated rings. The van der Waals surface area contributed by atoms with Crippen molar-refractivity contribution in [1.82, 2.24) is 4.90 Å². The zero-order valence-electron chi connectivity index (χ0n) is 11.8. The van der Waals surface area contributed by atoms with Crippen LogP contribution in [0.25, 0.3) is 0 Å². The molecule has 21 heavy (non-hydrogen) atoms. The van der Waals surface area contributed by atoms with Crippen LogP contribution in [0.1, 0.15) is 29.6 Å². The molecule has 0 spiro atoms. The van der Waals surface area contributed by atoms with E-state index in [2.05, 4.69) is 0 Å². The molecule has 1 amide bonds. The molecule has 114 valence electrons. The second-order valence-electron chi connectivity index (χ2n) is 4.95. The summed E-state index contributed by atoms with van der Waals surface area (Å²) in [4.78, 5) is 25.3. The molecule has 0 atom stereocenters. The number of aliphatic hydroxyl groups is 1. The third-order valence-corrected chi connectivity index (χ3v) is 4.52. The van der Waals surface area contributed by atoms with E-state index in [0.717, 1.165) is 19.3 Å². The van der Waals surface area contributed by atoms with Gasteiger partial charge in [0, 0.05) is 24.2 Å². The van der Waals surface area contributed by atoms with Gasteiger partial charge in [-0.1, -0.05) is 0 Å². The van der Waals surface area contributed by atoms with Gasteiger partial charge in [-0.15, -0.1) is 11.8 Å². The van der Waals surface area contributed by atoms with Gasteiger partial charge in [-0.05, 0) is 37.7 Å². The number of amides is 1. The first-order chi connectivity index (χ1) is 10.1. The van der Waals surface area contributed by atoms with Gasteiger partial charge in [-0.2, -0.15) is 0 Å². The van der Waals surface area contributed by atoms with Gasteiger partial charge >= 0.3 is 0 Å². The number of nitro groups is 1. The van der Waals surface area contributed by atoms with Crippen molar-refractivity contribution in [2.24, 2.45) is 0 Å². The highest BCUT2D eigenvalue weighted by atomic mass is 32.2. The minimum atomic E-state index is -0.470. The Balaban J connectivity index is 2.28. The minimum absolute atomic E-state index is 0.0501. The van der Waals surface area contributed by atoms with Gasteiger partial charge in [0.25, 0.3) is 11.6 Å². The van der Waals surface area contributed by atoms with E-state index in [9.17, 15) is 14.9 Å². The maximum absolute atomic E-state index is 12.5. The largest absolute Gasteiger partial charge is 0.395 e.